The molecule has 1 saturated carbocycles. The number of halogens is 1. The maximum atomic E-state index is 13.1. The summed E-state index contributed by atoms with van der Waals surface area (Å²) in [5.74, 6) is -0.397. The lowest BCUT2D eigenvalue weighted by atomic mass is 9.95. The molecule has 1 aromatic heterocycles. The molecular formula is C22H21ClN2O2. The minimum atomic E-state index is -0.199. The Hall–Kier alpha value is -2.59. The molecule has 1 aliphatic carbocycles. The molecule has 1 amide bonds. The van der Waals surface area contributed by atoms with Crippen LogP contribution in [0.3, 0.4) is 0 Å². The number of carbonyl (C=O) groups is 2. The second-order valence-electron chi connectivity index (χ2n) is 7.07. The third kappa shape index (κ3) is 3.62. The first-order chi connectivity index (χ1) is 13.1. The van der Waals surface area contributed by atoms with Crippen LogP contribution in [0, 0.1) is 0 Å². The molecular weight excluding hydrogens is 360 g/mol. The number of H-pyrrole nitrogens is 1. The molecule has 0 atom stereocenters. The molecule has 0 spiro atoms. The Kier molecular flexibility index (Phi) is 4.99. The minimum Gasteiger partial charge on any atom is -0.351 e. The van der Waals surface area contributed by atoms with Gasteiger partial charge in [0.15, 0.2) is 0 Å². The van der Waals surface area contributed by atoms with Crippen molar-refractivity contribution < 1.29 is 9.59 Å². The average Bonchev–Trinajstić information content (AvgIpc) is 3.07. The van der Waals surface area contributed by atoms with Gasteiger partial charge < -0.3 is 10.3 Å². The van der Waals surface area contributed by atoms with E-state index in [1.807, 2.05) is 18.2 Å². The Balaban J connectivity index is 1.77. The van der Waals surface area contributed by atoms with Gasteiger partial charge in [0.2, 0.25) is 5.78 Å². The lowest BCUT2D eigenvalue weighted by Crippen LogP contribution is -2.36. The summed E-state index contributed by atoms with van der Waals surface area (Å²) in [6.45, 7) is 0. The van der Waals surface area contributed by atoms with Crippen LogP contribution in [0.4, 0.5) is 0 Å². The first-order valence-corrected chi connectivity index (χ1v) is 9.73. The number of benzene rings is 2. The number of fused-ring (bicyclic) bond motifs is 1. The van der Waals surface area contributed by atoms with Crippen molar-refractivity contribution in [2.75, 3.05) is 0 Å². The quantitative estimate of drug-likeness (QED) is 0.617. The van der Waals surface area contributed by atoms with E-state index in [9.17, 15) is 9.59 Å². The van der Waals surface area contributed by atoms with Crippen molar-refractivity contribution in [1.82, 2.24) is 10.3 Å². The van der Waals surface area contributed by atoms with Gasteiger partial charge >= 0.3 is 0 Å². The summed E-state index contributed by atoms with van der Waals surface area (Å²) < 4.78 is 0. The summed E-state index contributed by atoms with van der Waals surface area (Å²) in [5.41, 5.74) is 1.95. The molecule has 0 aliphatic heterocycles. The van der Waals surface area contributed by atoms with Crippen molar-refractivity contribution in [3.05, 3.63) is 70.4 Å². The van der Waals surface area contributed by atoms with Gasteiger partial charge in [-0.1, -0.05) is 67.3 Å². The molecule has 1 aliphatic rings. The Morgan fingerprint density at radius 3 is 2.48 bits per heavy atom. The Labute approximate surface area is 162 Å². The fourth-order valence-corrected chi connectivity index (χ4v) is 3.99. The fraction of sp³-hybridized carbons (Fsp3) is 0.273. The van der Waals surface area contributed by atoms with Gasteiger partial charge in [-0.3, -0.25) is 9.59 Å². The van der Waals surface area contributed by atoms with E-state index in [1.165, 1.54) is 6.42 Å². The molecule has 0 unspecified atom stereocenters. The zero-order valence-corrected chi connectivity index (χ0v) is 15.7. The van der Waals surface area contributed by atoms with Crippen LogP contribution in [0.25, 0.3) is 10.9 Å². The molecule has 2 N–H and O–H groups in total. The SMILES string of the molecule is O=C(c1ccccc1)c1[nH]c2cc(Cl)ccc2c1C(=O)NC1CCCCC1. The second-order valence-corrected chi connectivity index (χ2v) is 7.50. The van der Waals surface area contributed by atoms with Crippen LogP contribution >= 0.6 is 11.6 Å². The molecule has 2 aromatic carbocycles. The monoisotopic (exact) mass is 380 g/mol. The number of hydrogen-bond acceptors (Lipinski definition) is 2. The van der Waals surface area contributed by atoms with Crippen molar-refractivity contribution >= 4 is 34.2 Å². The zero-order chi connectivity index (χ0) is 18.8. The molecule has 0 radical (unpaired) electrons. The van der Waals surface area contributed by atoms with Gasteiger partial charge in [0.05, 0.1) is 5.56 Å². The van der Waals surface area contributed by atoms with Crippen LogP contribution in [0.2, 0.25) is 5.02 Å². The van der Waals surface area contributed by atoms with Crippen molar-refractivity contribution in [2.24, 2.45) is 0 Å². The molecule has 5 heteroatoms. The number of rotatable bonds is 4. The van der Waals surface area contributed by atoms with E-state index >= 15 is 0 Å². The molecule has 3 aromatic rings. The van der Waals surface area contributed by atoms with Crippen molar-refractivity contribution in [2.45, 2.75) is 38.1 Å². The molecule has 138 valence electrons. The highest BCUT2D eigenvalue weighted by molar-refractivity contribution is 6.31. The Morgan fingerprint density at radius 2 is 1.74 bits per heavy atom. The maximum Gasteiger partial charge on any atom is 0.254 e. The van der Waals surface area contributed by atoms with Gasteiger partial charge in [-0.2, -0.15) is 0 Å². The van der Waals surface area contributed by atoms with Gasteiger partial charge in [0, 0.05) is 27.5 Å². The van der Waals surface area contributed by atoms with Crippen molar-refractivity contribution in [3.63, 3.8) is 0 Å². The summed E-state index contributed by atoms with van der Waals surface area (Å²) in [5, 5.41) is 4.40. The highest BCUT2D eigenvalue weighted by Crippen LogP contribution is 2.28. The summed E-state index contributed by atoms with van der Waals surface area (Å²) in [4.78, 5) is 29.3. The van der Waals surface area contributed by atoms with E-state index < -0.39 is 0 Å². The average molecular weight is 381 g/mol. The van der Waals surface area contributed by atoms with Gasteiger partial charge in [-0.25, -0.2) is 0 Å². The molecule has 1 fully saturated rings. The Bertz CT molecular complexity index is 988. The molecule has 0 bridgehead atoms. The highest BCUT2D eigenvalue weighted by Gasteiger charge is 2.26. The van der Waals surface area contributed by atoms with Crippen molar-refractivity contribution in [1.29, 1.82) is 0 Å². The van der Waals surface area contributed by atoms with Crippen LogP contribution < -0.4 is 5.32 Å². The summed E-state index contributed by atoms with van der Waals surface area (Å²) in [6, 6.07) is 14.4. The van der Waals surface area contributed by atoms with Crippen LogP contribution in [0.15, 0.2) is 48.5 Å². The first-order valence-electron chi connectivity index (χ1n) is 9.35. The predicted octanol–water partition coefficient (Wildman–Crippen LogP) is 5.11. The molecule has 0 saturated heterocycles. The number of carbonyl (C=O) groups excluding carboxylic acids is 2. The largest absolute Gasteiger partial charge is 0.351 e. The predicted molar refractivity (Wildman–Crippen MR) is 108 cm³/mol. The van der Waals surface area contributed by atoms with Gasteiger partial charge in [0.1, 0.15) is 5.69 Å². The molecule has 27 heavy (non-hydrogen) atoms. The third-order valence-corrected chi connectivity index (χ3v) is 5.43. The van der Waals surface area contributed by atoms with Gasteiger partial charge in [-0.05, 0) is 25.0 Å². The lowest BCUT2D eigenvalue weighted by Gasteiger charge is -2.22. The van der Waals surface area contributed by atoms with E-state index in [0.717, 1.165) is 25.7 Å². The summed E-state index contributed by atoms with van der Waals surface area (Å²) in [7, 11) is 0. The fourth-order valence-electron chi connectivity index (χ4n) is 3.81. The van der Waals surface area contributed by atoms with Crippen LogP contribution in [0.1, 0.15) is 58.5 Å². The highest BCUT2D eigenvalue weighted by atomic mass is 35.5. The summed E-state index contributed by atoms with van der Waals surface area (Å²) in [6.07, 6.45) is 5.45. The smallest absolute Gasteiger partial charge is 0.254 e. The number of aromatic nitrogens is 1. The van der Waals surface area contributed by atoms with Gasteiger partial charge in [0.25, 0.3) is 5.91 Å². The summed E-state index contributed by atoms with van der Waals surface area (Å²) >= 11 is 6.11. The van der Waals surface area contributed by atoms with Gasteiger partial charge in [-0.15, -0.1) is 0 Å². The topological polar surface area (TPSA) is 62.0 Å². The number of ketones is 1. The number of amides is 1. The maximum absolute atomic E-state index is 13.1. The molecule has 4 nitrogen and oxygen atoms in total. The van der Waals surface area contributed by atoms with E-state index in [4.69, 9.17) is 11.6 Å². The van der Waals surface area contributed by atoms with Crippen LogP contribution in [-0.2, 0) is 0 Å². The number of aromatic amines is 1. The van der Waals surface area contributed by atoms with E-state index in [1.54, 1.807) is 30.3 Å². The zero-order valence-electron chi connectivity index (χ0n) is 14.9. The van der Waals surface area contributed by atoms with Crippen LogP contribution in [-0.4, -0.2) is 22.7 Å². The first kappa shape index (κ1) is 17.8. The van der Waals surface area contributed by atoms with Crippen LogP contribution in [0.5, 0.6) is 0 Å². The third-order valence-electron chi connectivity index (χ3n) is 5.19. The number of nitrogens with one attached hydrogen (secondary N) is 2. The normalized spacial score (nSPS) is 15.0. The minimum absolute atomic E-state index is 0.170. The lowest BCUT2D eigenvalue weighted by molar-refractivity contribution is 0.0919. The van der Waals surface area contributed by atoms with Crippen molar-refractivity contribution in [3.8, 4) is 0 Å². The molecule has 1 heterocycles. The standard InChI is InChI=1S/C22H21ClN2O2/c23-15-11-12-17-18(13-15)25-20(21(26)14-7-3-1-4-8-14)19(17)22(27)24-16-9-5-2-6-10-16/h1,3-4,7-8,11-13,16,25H,2,5-6,9-10H2,(H,24,27). The van der Waals surface area contributed by atoms with E-state index in [0.29, 0.717) is 32.7 Å². The van der Waals surface area contributed by atoms with E-state index in [-0.39, 0.29) is 17.7 Å². The number of hydrogen-bond donors (Lipinski definition) is 2. The second kappa shape index (κ2) is 7.57. The Morgan fingerprint density at radius 1 is 1.00 bits per heavy atom. The molecule has 4 rings (SSSR count). The van der Waals surface area contributed by atoms with E-state index in [2.05, 4.69) is 10.3 Å².